The van der Waals surface area contributed by atoms with Gasteiger partial charge in [-0.3, -0.25) is 0 Å². The summed E-state index contributed by atoms with van der Waals surface area (Å²) >= 11 is 0. The van der Waals surface area contributed by atoms with Crippen molar-refractivity contribution in [3.05, 3.63) is 89.5 Å². The normalized spacial score (nSPS) is 10.3. The number of benzene rings is 3. The van der Waals surface area contributed by atoms with Crippen LogP contribution in [0.25, 0.3) is 0 Å². The topological polar surface area (TPSA) is 79.8 Å². The summed E-state index contributed by atoms with van der Waals surface area (Å²) in [6.07, 6.45) is 0.740. The van der Waals surface area contributed by atoms with E-state index in [4.69, 9.17) is 14.6 Å². The fourth-order valence-corrected chi connectivity index (χ4v) is 3.06. The van der Waals surface area contributed by atoms with Gasteiger partial charge in [0.25, 0.3) is 0 Å². The van der Waals surface area contributed by atoms with E-state index < -0.39 is 0 Å². The van der Waals surface area contributed by atoms with Crippen molar-refractivity contribution in [1.82, 2.24) is 5.32 Å². The van der Waals surface area contributed by atoms with Crippen molar-refractivity contribution in [2.45, 2.75) is 13.0 Å². The zero-order valence-electron chi connectivity index (χ0n) is 16.9. The van der Waals surface area contributed by atoms with Gasteiger partial charge in [-0.1, -0.05) is 54.6 Å². The molecule has 0 unspecified atom stereocenters. The Morgan fingerprint density at radius 2 is 1.70 bits per heavy atom. The molecule has 3 rings (SSSR count). The van der Waals surface area contributed by atoms with Crippen LogP contribution in [0.3, 0.4) is 0 Å². The summed E-state index contributed by atoms with van der Waals surface area (Å²) in [5, 5.41) is 14.7. The van der Waals surface area contributed by atoms with Crippen molar-refractivity contribution in [3.8, 4) is 11.5 Å². The third kappa shape index (κ3) is 5.99. The number of amides is 2. The number of para-hydroxylation sites is 1. The number of hydrogen-bond acceptors (Lipinski definition) is 4. The van der Waals surface area contributed by atoms with E-state index in [-0.39, 0.29) is 19.2 Å². The molecule has 0 aromatic heterocycles. The lowest BCUT2D eigenvalue weighted by atomic mass is 10.0. The average molecular weight is 406 g/mol. The van der Waals surface area contributed by atoms with Crippen molar-refractivity contribution >= 4 is 11.7 Å². The van der Waals surface area contributed by atoms with Crippen LogP contribution in [0.2, 0.25) is 0 Å². The molecular weight excluding hydrogens is 380 g/mol. The number of rotatable bonds is 9. The van der Waals surface area contributed by atoms with E-state index in [1.54, 1.807) is 19.2 Å². The number of hydrogen-bond donors (Lipinski definition) is 3. The first-order valence-corrected chi connectivity index (χ1v) is 9.77. The summed E-state index contributed by atoms with van der Waals surface area (Å²) in [7, 11) is 1.55. The lowest BCUT2D eigenvalue weighted by Crippen LogP contribution is -2.28. The maximum absolute atomic E-state index is 12.4. The molecule has 3 aromatic carbocycles. The Bertz CT molecular complexity index is 960. The smallest absolute Gasteiger partial charge is 0.319 e. The van der Waals surface area contributed by atoms with Crippen LogP contribution in [-0.2, 0) is 13.0 Å². The molecule has 0 bridgehead atoms. The molecule has 0 aliphatic rings. The predicted molar refractivity (Wildman–Crippen MR) is 117 cm³/mol. The molecule has 0 spiro atoms. The van der Waals surface area contributed by atoms with Gasteiger partial charge < -0.3 is 25.2 Å². The minimum atomic E-state index is -0.282. The highest BCUT2D eigenvalue weighted by atomic mass is 16.5. The number of aliphatic hydroxyl groups excluding tert-OH is 1. The number of aliphatic hydroxyl groups is 1. The summed E-state index contributed by atoms with van der Waals surface area (Å²) in [5.74, 6) is 1.10. The Labute approximate surface area is 176 Å². The Morgan fingerprint density at radius 1 is 0.933 bits per heavy atom. The zero-order valence-corrected chi connectivity index (χ0v) is 16.9. The van der Waals surface area contributed by atoms with Crippen LogP contribution < -0.4 is 20.1 Å². The number of urea groups is 1. The van der Waals surface area contributed by atoms with Gasteiger partial charge in [-0.15, -0.1) is 0 Å². The largest absolute Gasteiger partial charge is 0.493 e. The SMILES string of the molecule is COc1cc(CNC(=O)Nc2ccccc2Cc2ccccc2)ccc1OCCO. The summed E-state index contributed by atoms with van der Waals surface area (Å²) in [6, 6.07) is 23.0. The van der Waals surface area contributed by atoms with Gasteiger partial charge in [0.15, 0.2) is 11.5 Å². The second kappa shape index (κ2) is 10.9. The standard InChI is InChI=1S/C24H26N2O4/c1-29-23-16-19(11-12-22(23)30-14-13-27)17-25-24(28)26-21-10-6-5-9-20(21)15-18-7-3-2-4-8-18/h2-12,16,27H,13-15,17H2,1H3,(H2,25,26,28). The summed E-state index contributed by atoms with van der Waals surface area (Å²) in [4.78, 5) is 12.4. The molecule has 3 N–H and O–H groups in total. The molecule has 6 nitrogen and oxygen atoms in total. The van der Waals surface area contributed by atoms with Crippen molar-refractivity contribution in [1.29, 1.82) is 0 Å². The molecule has 0 radical (unpaired) electrons. The third-order valence-electron chi connectivity index (χ3n) is 4.53. The number of carbonyl (C=O) groups excluding carboxylic acids is 1. The van der Waals surface area contributed by atoms with Crippen LogP contribution >= 0.6 is 0 Å². The van der Waals surface area contributed by atoms with E-state index in [2.05, 4.69) is 22.8 Å². The molecule has 0 aliphatic heterocycles. The Hall–Kier alpha value is -3.51. The van der Waals surface area contributed by atoms with Crippen molar-refractivity contribution < 1.29 is 19.4 Å². The first-order chi connectivity index (χ1) is 14.7. The first-order valence-electron chi connectivity index (χ1n) is 9.77. The van der Waals surface area contributed by atoms with Gasteiger partial charge in [-0.05, 0) is 41.3 Å². The molecule has 3 aromatic rings. The zero-order chi connectivity index (χ0) is 21.2. The summed E-state index contributed by atoms with van der Waals surface area (Å²) in [5.41, 5.74) is 3.88. The van der Waals surface area contributed by atoms with Gasteiger partial charge in [-0.25, -0.2) is 4.79 Å². The van der Waals surface area contributed by atoms with E-state index in [1.165, 1.54) is 5.56 Å². The number of methoxy groups -OCH3 is 1. The second-order valence-electron chi connectivity index (χ2n) is 6.68. The first kappa shape index (κ1) is 21.2. The minimum Gasteiger partial charge on any atom is -0.493 e. The van der Waals surface area contributed by atoms with Gasteiger partial charge in [-0.2, -0.15) is 0 Å². The van der Waals surface area contributed by atoms with Gasteiger partial charge in [0.2, 0.25) is 0 Å². The Balaban J connectivity index is 1.60. The predicted octanol–water partition coefficient (Wildman–Crippen LogP) is 3.98. The highest BCUT2D eigenvalue weighted by molar-refractivity contribution is 5.90. The summed E-state index contributed by atoms with van der Waals surface area (Å²) < 4.78 is 10.7. The molecule has 0 fully saturated rings. The Morgan fingerprint density at radius 3 is 2.47 bits per heavy atom. The average Bonchev–Trinajstić information content (AvgIpc) is 2.78. The van der Waals surface area contributed by atoms with E-state index in [1.807, 2.05) is 48.5 Å². The molecule has 0 saturated heterocycles. The van der Waals surface area contributed by atoms with Crippen molar-refractivity contribution in [2.75, 3.05) is 25.6 Å². The van der Waals surface area contributed by atoms with Crippen LogP contribution in [0, 0.1) is 0 Å². The maximum atomic E-state index is 12.4. The van der Waals surface area contributed by atoms with Crippen LogP contribution in [0.15, 0.2) is 72.8 Å². The lowest BCUT2D eigenvalue weighted by molar-refractivity contribution is 0.196. The molecule has 2 amide bonds. The number of ether oxygens (including phenoxy) is 2. The summed E-state index contributed by atoms with van der Waals surface area (Å²) in [6.45, 7) is 0.459. The van der Waals surface area contributed by atoms with Gasteiger partial charge >= 0.3 is 6.03 Å². The molecule has 0 aliphatic carbocycles. The highest BCUT2D eigenvalue weighted by Crippen LogP contribution is 2.28. The monoisotopic (exact) mass is 406 g/mol. The van der Waals surface area contributed by atoms with Crippen molar-refractivity contribution in [3.63, 3.8) is 0 Å². The number of nitrogens with one attached hydrogen (secondary N) is 2. The van der Waals surface area contributed by atoms with Gasteiger partial charge in [0.05, 0.1) is 13.7 Å². The molecule has 0 atom stereocenters. The molecule has 0 heterocycles. The lowest BCUT2D eigenvalue weighted by Gasteiger charge is -2.14. The van der Waals surface area contributed by atoms with Crippen LogP contribution in [-0.4, -0.2) is 31.5 Å². The molecule has 6 heteroatoms. The number of carbonyl (C=O) groups is 1. The van der Waals surface area contributed by atoms with E-state index in [9.17, 15) is 4.79 Å². The van der Waals surface area contributed by atoms with Crippen LogP contribution in [0.5, 0.6) is 11.5 Å². The van der Waals surface area contributed by atoms with E-state index >= 15 is 0 Å². The van der Waals surface area contributed by atoms with Crippen LogP contribution in [0.1, 0.15) is 16.7 Å². The maximum Gasteiger partial charge on any atom is 0.319 e. The molecule has 156 valence electrons. The fraction of sp³-hybridized carbons (Fsp3) is 0.208. The molecule has 0 saturated carbocycles. The molecule has 30 heavy (non-hydrogen) atoms. The van der Waals surface area contributed by atoms with Gasteiger partial charge in [0, 0.05) is 12.2 Å². The third-order valence-corrected chi connectivity index (χ3v) is 4.53. The fourth-order valence-electron chi connectivity index (χ4n) is 3.06. The van der Waals surface area contributed by atoms with E-state index in [0.717, 1.165) is 23.2 Å². The van der Waals surface area contributed by atoms with Gasteiger partial charge in [0.1, 0.15) is 6.61 Å². The molecular formula is C24H26N2O4. The second-order valence-corrected chi connectivity index (χ2v) is 6.68. The quantitative estimate of drug-likeness (QED) is 0.502. The van der Waals surface area contributed by atoms with Crippen molar-refractivity contribution in [2.24, 2.45) is 0 Å². The highest BCUT2D eigenvalue weighted by Gasteiger charge is 2.09. The number of anilines is 1. The Kier molecular flexibility index (Phi) is 7.69. The van der Waals surface area contributed by atoms with E-state index in [0.29, 0.717) is 18.0 Å². The minimum absolute atomic E-state index is 0.0711. The van der Waals surface area contributed by atoms with Crippen LogP contribution in [0.4, 0.5) is 10.5 Å².